The van der Waals surface area contributed by atoms with Gasteiger partial charge in [0, 0.05) is 6.07 Å². The van der Waals surface area contributed by atoms with E-state index in [-0.39, 0.29) is 6.04 Å². The van der Waals surface area contributed by atoms with Gasteiger partial charge in [0.25, 0.3) is 0 Å². The molecular formula is C8H8FN3. The number of nitrogens with zero attached hydrogens (tertiary/aromatic N) is 2. The van der Waals surface area contributed by atoms with Gasteiger partial charge in [0.15, 0.2) is 0 Å². The highest BCUT2D eigenvalue weighted by Crippen LogP contribution is 2.03. The SMILES string of the molecule is C#CC(C)Nc1cc(F)ncn1. The van der Waals surface area contributed by atoms with Crippen molar-refractivity contribution < 1.29 is 4.39 Å². The van der Waals surface area contributed by atoms with Crippen molar-refractivity contribution in [2.24, 2.45) is 0 Å². The second kappa shape index (κ2) is 3.67. The summed E-state index contributed by atoms with van der Waals surface area (Å²) in [6.07, 6.45) is 6.25. The van der Waals surface area contributed by atoms with E-state index in [1.807, 2.05) is 0 Å². The molecule has 0 aromatic carbocycles. The quantitative estimate of drug-likeness (QED) is 0.525. The monoisotopic (exact) mass is 165 g/mol. The van der Waals surface area contributed by atoms with Crippen LogP contribution in [0.3, 0.4) is 0 Å². The Balaban J connectivity index is 2.71. The lowest BCUT2D eigenvalue weighted by molar-refractivity contribution is 0.580. The second-order valence-electron chi connectivity index (χ2n) is 2.26. The molecule has 12 heavy (non-hydrogen) atoms. The molecule has 0 amide bonds. The average molecular weight is 165 g/mol. The standard InChI is InChI=1S/C8H8FN3/c1-3-6(2)12-8-4-7(9)10-5-11-8/h1,4-6H,2H3,(H,10,11,12). The molecule has 0 aliphatic heterocycles. The van der Waals surface area contributed by atoms with Crippen LogP contribution in [0.2, 0.25) is 0 Å². The minimum atomic E-state index is -0.572. The average Bonchev–Trinajstić information content (AvgIpc) is 2.04. The van der Waals surface area contributed by atoms with Crippen molar-refractivity contribution in [3.05, 3.63) is 18.3 Å². The molecule has 0 saturated heterocycles. The van der Waals surface area contributed by atoms with Gasteiger partial charge in [0.1, 0.15) is 12.1 Å². The molecule has 62 valence electrons. The maximum absolute atomic E-state index is 12.5. The molecule has 0 fully saturated rings. The van der Waals surface area contributed by atoms with Gasteiger partial charge in [-0.15, -0.1) is 6.42 Å². The van der Waals surface area contributed by atoms with Crippen molar-refractivity contribution in [3.8, 4) is 12.3 Å². The molecule has 1 heterocycles. The Hall–Kier alpha value is -1.63. The molecule has 4 heteroatoms. The van der Waals surface area contributed by atoms with Crippen LogP contribution in [0.4, 0.5) is 10.2 Å². The fraction of sp³-hybridized carbons (Fsp3) is 0.250. The first kappa shape index (κ1) is 8.47. The topological polar surface area (TPSA) is 37.8 Å². The summed E-state index contributed by atoms with van der Waals surface area (Å²) in [6.45, 7) is 1.78. The van der Waals surface area contributed by atoms with Gasteiger partial charge >= 0.3 is 0 Å². The number of halogens is 1. The number of hydrogen-bond donors (Lipinski definition) is 1. The van der Waals surface area contributed by atoms with Crippen LogP contribution in [0.5, 0.6) is 0 Å². The van der Waals surface area contributed by atoms with E-state index in [2.05, 4.69) is 21.2 Å². The summed E-state index contributed by atoms with van der Waals surface area (Å²) in [5, 5.41) is 2.81. The van der Waals surface area contributed by atoms with Crippen LogP contribution < -0.4 is 5.32 Å². The molecule has 1 aromatic rings. The van der Waals surface area contributed by atoms with E-state index in [1.165, 1.54) is 6.07 Å². The highest BCUT2D eigenvalue weighted by Gasteiger charge is 1.99. The van der Waals surface area contributed by atoms with E-state index in [4.69, 9.17) is 6.42 Å². The number of terminal acetylenes is 1. The summed E-state index contributed by atoms with van der Waals surface area (Å²) in [5.74, 6) is 2.26. The van der Waals surface area contributed by atoms with E-state index in [0.29, 0.717) is 5.82 Å². The molecule has 1 atom stereocenters. The predicted octanol–water partition coefficient (Wildman–Crippen LogP) is 1.05. The van der Waals surface area contributed by atoms with Gasteiger partial charge in [0.2, 0.25) is 5.95 Å². The van der Waals surface area contributed by atoms with Crippen LogP contribution in [0, 0.1) is 18.3 Å². The van der Waals surface area contributed by atoms with Gasteiger partial charge < -0.3 is 5.32 Å². The summed E-state index contributed by atoms with van der Waals surface area (Å²) in [4.78, 5) is 7.07. The number of aromatic nitrogens is 2. The van der Waals surface area contributed by atoms with Crippen LogP contribution >= 0.6 is 0 Å². The molecule has 3 nitrogen and oxygen atoms in total. The van der Waals surface area contributed by atoms with E-state index in [1.54, 1.807) is 6.92 Å². The van der Waals surface area contributed by atoms with Crippen LogP contribution in [0.25, 0.3) is 0 Å². The molecule has 0 radical (unpaired) electrons. The van der Waals surface area contributed by atoms with Gasteiger partial charge in [-0.25, -0.2) is 9.97 Å². The Kier molecular flexibility index (Phi) is 2.59. The van der Waals surface area contributed by atoms with E-state index in [0.717, 1.165) is 6.33 Å². The minimum absolute atomic E-state index is 0.167. The van der Waals surface area contributed by atoms with E-state index < -0.39 is 5.95 Å². The third-order valence-electron chi connectivity index (χ3n) is 1.25. The minimum Gasteiger partial charge on any atom is -0.357 e. The van der Waals surface area contributed by atoms with Crippen molar-refractivity contribution >= 4 is 5.82 Å². The molecule has 1 rings (SSSR count). The predicted molar refractivity (Wildman–Crippen MR) is 43.9 cm³/mol. The molecule has 1 N–H and O–H groups in total. The summed E-state index contributed by atoms with van der Waals surface area (Å²) >= 11 is 0. The van der Waals surface area contributed by atoms with Gasteiger partial charge in [0.05, 0.1) is 6.04 Å². The molecule has 0 bridgehead atoms. The first-order chi connectivity index (χ1) is 5.72. The lowest BCUT2D eigenvalue weighted by atomic mass is 10.3. The largest absolute Gasteiger partial charge is 0.357 e. The Morgan fingerprint density at radius 3 is 3.00 bits per heavy atom. The third-order valence-corrected chi connectivity index (χ3v) is 1.25. The van der Waals surface area contributed by atoms with Gasteiger partial charge in [-0.3, -0.25) is 0 Å². The highest BCUT2D eigenvalue weighted by molar-refractivity contribution is 5.35. The maximum atomic E-state index is 12.5. The maximum Gasteiger partial charge on any atom is 0.217 e. The molecule has 0 spiro atoms. The zero-order valence-electron chi connectivity index (χ0n) is 6.58. The lowest BCUT2D eigenvalue weighted by Gasteiger charge is -2.06. The van der Waals surface area contributed by atoms with E-state index >= 15 is 0 Å². The molecular weight excluding hydrogens is 157 g/mol. The van der Waals surface area contributed by atoms with Crippen LogP contribution in [-0.4, -0.2) is 16.0 Å². The van der Waals surface area contributed by atoms with Crippen LogP contribution in [-0.2, 0) is 0 Å². The van der Waals surface area contributed by atoms with E-state index in [9.17, 15) is 4.39 Å². The second-order valence-corrected chi connectivity index (χ2v) is 2.26. The zero-order chi connectivity index (χ0) is 8.97. The Bertz CT molecular complexity index is 305. The number of anilines is 1. The van der Waals surface area contributed by atoms with Crippen molar-refractivity contribution in [1.29, 1.82) is 0 Å². The Morgan fingerprint density at radius 1 is 1.67 bits per heavy atom. The smallest absolute Gasteiger partial charge is 0.217 e. The first-order valence-corrected chi connectivity index (χ1v) is 3.42. The van der Waals surface area contributed by atoms with Crippen molar-refractivity contribution in [2.45, 2.75) is 13.0 Å². The fourth-order valence-corrected chi connectivity index (χ4v) is 0.676. The number of hydrogen-bond acceptors (Lipinski definition) is 3. The van der Waals surface area contributed by atoms with Crippen molar-refractivity contribution in [2.75, 3.05) is 5.32 Å². The molecule has 1 aromatic heterocycles. The third kappa shape index (κ3) is 2.20. The summed E-state index contributed by atoms with van der Waals surface area (Å²) in [7, 11) is 0. The van der Waals surface area contributed by atoms with Crippen LogP contribution in [0.1, 0.15) is 6.92 Å². The fourth-order valence-electron chi connectivity index (χ4n) is 0.676. The number of rotatable bonds is 2. The first-order valence-electron chi connectivity index (χ1n) is 3.42. The summed E-state index contributed by atoms with van der Waals surface area (Å²) in [5.41, 5.74) is 0. The Labute approximate surface area is 70.0 Å². The van der Waals surface area contributed by atoms with Gasteiger partial charge in [-0.05, 0) is 6.92 Å². The highest BCUT2D eigenvalue weighted by atomic mass is 19.1. The van der Waals surface area contributed by atoms with Crippen molar-refractivity contribution in [3.63, 3.8) is 0 Å². The summed E-state index contributed by atoms with van der Waals surface area (Å²) < 4.78 is 12.5. The van der Waals surface area contributed by atoms with Crippen LogP contribution in [0.15, 0.2) is 12.4 Å². The van der Waals surface area contributed by atoms with Gasteiger partial charge in [-0.1, -0.05) is 5.92 Å². The number of nitrogens with one attached hydrogen (secondary N) is 1. The zero-order valence-corrected chi connectivity index (χ0v) is 6.58. The Morgan fingerprint density at radius 2 is 2.42 bits per heavy atom. The van der Waals surface area contributed by atoms with Gasteiger partial charge in [-0.2, -0.15) is 4.39 Å². The normalized spacial score (nSPS) is 11.8. The molecule has 1 unspecified atom stereocenters. The molecule has 0 saturated carbocycles. The molecule has 0 aliphatic rings. The molecule has 0 aliphatic carbocycles. The summed E-state index contributed by atoms with van der Waals surface area (Å²) in [6, 6.07) is 1.02. The van der Waals surface area contributed by atoms with Crippen molar-refractivity contribution in [1.82, 2.24) is 9.97 Å². The lowest BCUT2D eigenvalue weighted by Crippen LogP contribution is -2.13.